The molecule has 3 aromatic rings. The zero-order valence-corrected chi connectivity index (χ0v) is 24.9. The van der Waals surface area contributed by atoms with E-state index in [-0.39, 0.29) is 18.8 Å². The van der Waals surface area contributed by atoms with Crippen LogP contribution in [0, 0.1) is 0 Å². The highest BCUT2D eigenvalue weighted by Crippen LogP contribution is 2.38. The molecule has 3 aromatic carbocycles. The molecule has 2 N–H and O–H groups in total. The fraction of sp³-hybridized carbons (Fsp3) is 0.412. The molecule has 4 unspecified atom stereocenters. The van der Waals surface area contributed by atoms with E-state index >= 15 is 0 Å². The SMILES string of the molecule is CC(=O)OC(C)C(=O)Nc1cccc(C2OC(CN3CCN(Cc4ccccc4)CC3)CC(c3ccc(CO)cc3)O2)c1. The summed E-state index contributed by atoms with van der Waals surface area (Å²) in [5, 5.41) is 12.3. The number of nitrogens with zero attached hydrogens (tertiary/aromatic N) is 2. The lowest BCUT2D eigenvalue weighted by molar-refractivity contribution is -0.253. The molecule has 1 amide bonds. The van der Waals surface area contributed by atoms with E-state index in [0.29, 0.717) is 12.1 Å². The van der Waals surface area contributed by atoms with Crippen molar-refractivity contribution in [1.82, 2.24) is 9.80 Å². The summed E-state index contributed by atoms with van der Waals surface area (Å²) >= 11 is 0. The third-order valence-corrected chi connectivity index (χ3v) is 7.93. The fourth-order valence-corrected chi connectivity index (χ4v) is 5.60. The number of aliphatic hydroxyl groups excluding tert-OH is 1. The monoisotopic (exact) mass is 587 g/mol. The van der Waals surface area contributed by atoms with Gasteiger partial charge < -0.3 is 24.6 Å². The van der Waals surface area contributed by atoms with Crippen molar-refractivity contribution in [3.05, 3.63) is 101 Å². The largest absolute Gasteiger partial charge is 0.453 e. The topological polar surface area (TPSA) is 101 Å². The Morgan fingerprint density at radius 3 is 2.33 bits per heavy atom. The van der Waals surface area contributed by atoms with Gasteiger partial charge >= 0.3 is 5.97 Å². The summed E-state index contributed by atoms with van der Waals surface area (Å²) < 4.78 is 18.1. The molecule has 2 fully saturated rings. The van der Waals surface area contributed by atoms with Crippen LogP contribution in [0.25, 0.3) is 0 Å². The molecule has 2 aliphatic rings. The third kappa shape index (κ3) is 8.72. The Bertz CT molecular complexity index is 1340. The standard InChI is InChI=1S/C34H41N3O6/c1-24(41-25(2)39)33(40)35-30-10-6-9-29(19-30)34-42-31(20-32(43-34)28-13-11-27(23-38)12-14-28)22-37-17-15-36(16-18-37)21-26-7-4-3-5-8-26/h3-14,19,24,31-32,34,38H,15-18,20-23H2,1-2H3,(H,35,40). The molecule has 43 heavy (non-hydrogen) atoms. The maximum Gasteiger partial charge on any atom is 0.303 e. The van der Waals surface area contributed by atoms with Gasteiger partial charge in [0.05, 0.1) is 18.8 Å². The number of esters is 1. The summed E-state index contributed by atoms with van der Waals surface area (Å²) in [5.74, 6) is -0.925. The van der Waals surface area contributed by atoms with Crippen molar-refractivity contribution in [2.45, 2.75) is 58.0 Å². The van der Waals surface area contributed by atoms with E-state index in [4.69, 9.17) is 14.2 Å². The van der Waals surface area contributed by atoms with Crippen molar-refractivity contribution >= 4 is 17.6 Å². The van der Waals surface area contributed by atoms with Crippen LogP contribution in [-0.2, 0) is 37.0 Å². The molecule has 0 aliphatic carbocycles. The van der Waals surface area contributed by atoms with Crippen LogP contribution in [0.4, 0.5) is 5.69 Å². The summed E-state index contributed by atoms with van der Waals surface area (Å²) in [6.07, 6.45) is -1.10. The Morgan fingerprint density at radius 1 is 0.907 bits per heavy atom. The van der Waals surface area contributed by atoms with E-state index in [0.717, 1.165) is 56.0 Å². The number of amides is 1. The van der Waals surface area contributed by atoms with Gasteiger partial charge in [-0.3, -0.25) is 19.4 Å². The van der Waals surface area contributed by atoms with Crippen molar-refractivity contribution in [2.75, 3.05) is 38.0 Å². The maximum absolute atomic E-state index is 12.5. The van der Waals surface area contributed by atoms with Crippen LogP contribution in [0.2, 0.25) is 0 Å². The smallest absolute Gasteiger partial charge is 0.303 e. The van der Waals surface area contributed by atoms with Gasteiger partial charge in [0.15, 0.2) is 12.4 Å². The van der Waals surface area contributed by atoms with Crippen molar-refractivity contribution in [3.8, 4) is 0 Å². The number of hydrogen-bond donors (Lipinski definition) is 2. The van der Waals surface area contributed by atoms with E-state index in [1.54, 1.807) is 6.07 Å². The summed E-state index contributed by atoms with van der Waals surface area (Å²) in [5.41, 5.74) is 4.56. The summed E-state index contributed by atoms with van der Waals surface area (Å²) in [6.45, 7) is 8.49. The molecule has 0 spiro atoms. The van der Waals surface area contributed by atoms with Crippen LogP contribution in [0.15, 0.2) is 78.9 Å². The van der Waals surface area contributed by atoms with Crippen molar-refractivity contribution in [3.63, 3.8) is 0 Å². The van der Waals surface area contributed by atoms with Gasteiger partial charge in [-0.1, -0.05) is 66.7 Å². The Hall–Kier alpha value is -3.60. The minimum Gasteiger partial charge on any atom is -0.453 e. The number of hydrogen-bond acceptors (Lipinski definition) is 8. The molecule has 9 heteroatoms. The zero-order valence-electron chi connectivity index (χ0n) is 24.9. The van der Waals surface area contributed by atoms with Crippen LogP contribution >= 0.6 is 0 Å². The number of aliphatic hydroxyl groups is 1. The second kappa shape index (κ2) is 14.7. The zero-order chi connectivity index (χ0) is 30.2. The van der Waals surface area contributed by atoms with Crippen molar-refractivity contribution in [1.29, 1.82) is 0 Å². The molecule has 2 heterocycles. The van der Waals surface area contributed by atoms with Gasteiger partial charge in [0.25, 0.3) is 5.91 Å². The van der Waals surface area contributed by atoms with Crippen LogP contribution < -0.4 is 5.32 Å². The first-order valence-electron chi connectivity index (χ1n) is 14.9. The summed E-state index contributed by atoms with van der Waals surface area (Å²) in [6, 6.07) is 25.8. The number of anilines is 1. The predicted octanol–water partition coefficient (Wildman–Crippen LogP) is 4.43. The molecule has 0 saturated carbocycles. The average molecular weight is 588 g/mol. The van der Waals surface area contributed by atoms with Gasteiger partial charge in [-0.05, 0) is 35.7 Å². The maximum atomic E-state index is 12.5. The van der Waals surface area contributed by atoms with Gasteiger partial charge in [-0.25, -0.2) is 0 Å². The van der Waals surface area contributed by atoms with Crippen molar-refractivity contribution in [2.24, 2.45) is 0 Å². The lowest BCUT2D eigenvalue weighted by atomic mass is 9.99. The molecular weight excluding hydrogens is 546 g/mol. The number of nitrogens with one attached hydrogen (secondary N) is 1. The highest BCUT2D eigenvalue weighted by molar-refractivity contribution is 5.95. The van der Waals surface area contributed by atoms with Crippen LogP contribution in [0.3, 0.4) is 0 Å². The van der Waals surface area contributed by atoms with E-state index in [9.17, 15) is 14.7 Å². The Balaban J connectivity index is 1.26. The molecule has 228 valence electrons. The number of rotatable bonds is 10. The van der Waals surface area contributed by atoms with E-state index in [1.807, 2.05) is 42.5 Å². The first-order chi connectivity index (χ1) is 20.9. The van der Waals surface area contributed by atoms with Gasteiger partial charge in [0.2, 0.25) is 0 Å². The molecule has 2 aliphatic heterocycles. The molecular formula is C34H41N3O6. The molecule has 5 rings (SSSR count). The molecule has 4 atom stereocenters. The number of benzene rings is 3. The Labute approximate surface area is 253 Å². The predicted molar refractivity (Wildman–Crippen MR) is 163 cm³/mol. The first-order valence-corrected chi connectivity index (χ1v) is 14.9. The molecule has 2 saturated heterocycles. The summed E-state index contributed by atoms with van der Waals surface area (Å²) in [4.78, 5) is 28.8. The normalized spacial score (nSPS) is 22.1. The third-order valence-electron chi connectivity index (χ3n) is 7.93. The molecule has 9 nitrogen and oxygen atoms in total. The van der Waals surface area contributed by atoms with Crippen molar-refractivity contribution < 1.29 is 28.9 Å². The number of ether oxygens (including phenoxy) is 3. The number of carbonyl (C=O) groups excluding carboxylic acids is 2. The quantitative estimate of drug-likeness (QED) is 0.336. The highest BCUT2D eigenvalue weighted by atomic mass is 16.7. The van der Waals surface area contributed by atoms with Gasteiger partial charge in [-0.15, -0.1) is 0 Å². The second-order valence-electron chi connectivity index (χ2n) is 11.3. The fourth-order valence-electron chi connectivity index (χ4n) is 5.60. The first kappa shape index (κ1) is 30.8. The lowest BCUT2D eigenvalue weighted by Crippen LogP contribution is -2.49. The number of carbonyl (C=O) groups is 2. The van der Waals surface area contributed by atoms with Crippen LogP contribution in [0.5, 0.6) is 0 Å². The van der Waals surface area contributed by atoms with E-state index in [1.165, 1.54) is 19.4 Å². The minimum atomic E-state index is -0.910. The Morgan fingerprint density at radius 2 is 1.63 bits per heavy atom. The molecule has 0 bridgehead atoms. The second-order valence-corrected chi connectivity index (χ2v) is 11.3. The summed E-state index contributed by atoms with van der Waals surface area (Å²) in [7, 11) is 0. The van der Waals surface area contributed by atoms with Gasteiger partial charge in [0, 0.05) is 63.9 Å². The van der Waals surface area contributed by atoms with Gasteiger partial charge in [0.1, 0.15) is 0 Å². The Kier molecular flexibility index (Phi) is 10.6. The van der Waals surface area contributed by atoms with E-state index < -0.39 is 24.3 Å². The van der Waals surface area contributed by atoms with Crippen LogP contribution in [0.1, 0.15) is 54.9 Å². The van der Waals surface area contributed by atoms with Crippen LogP contribution in [-0.4, -0.2) is 71.7 Å². The number of piperazine rings is 1. The molecule has 0 radical (unpaired) electrons. The average Bonchev–Trinajstić information content (AvgIpc) is 3.02. The van der Waals surface area contributed by atoms with Gasteiger partial charge in [-0.2, -0.15) is 0 Å². The minimum absolute atomic E-state index is 0.00893. The molecule has 0 aromatic heterocycles. The lowest BCUT2D eigenvalue weighted by Gasteiger charge is -2.41. The highest BCUT2D eigenvalue weighted by Gasteiger charge is 2.34. The van der Waals surface area contributed by atoms with E-state index in [2.05, 4.69) is 45.4 Å².